The predicted molar refractivity (Wildman–Crippen MR) is 269 cm³/mol. The molecule has 2 amide bonds. The van der Waals surface area contributed by atoms with E-state index in [9.17, 15) is 19.2 Å². The topological polar surface area (TPSA) is 130 Å². The highest BCUT2D eigenvalue weighted by molar-refractivity contribution is 6.99. The van der Waals surface area contributed by atoms with Gasteiger partial charge in [0, 0.05) is 13.0 Å². The highest BCUT2D eigenvalue weighted by atomic mass is 28.4. The van der Waals surface area contributed by atoms with Crippen LogP contribution >= 0.6 is 0 Å². The Morgan fingerprint density at radius 3 is 1.76 bits per heavy atom. The van der Waals surface area contributed by atoms with Crippen molar-refractivity contribution >= 4 is 48.4 Å². The molecule has 0 aromatic heterocycles. The van der Waals surface area contributed by atoms with Gasteiger partial charge in [-0.15, -0.1) is 0 Å². The summed E-state index contributed by atoms with van der Waals surface area (Å²) in [5, 5.41) is 4.53. The zero-order valence-corrected chi connectivity index (χ0v) is 42.9. The summed E-state index contributed by atoms with van der Waals surface area (Å²) in [4.78, 5) is 55.3. The Labute approximate surface area is 400 Å². The molecule has 0 radical (unpaired) electrons. The number of carbonyl (C=O) groups is 4. The lowest BCUT2D eigenvalue weighted by Gasteiger charge is -2.45. The maximum absolute atomic E-state index is 13.9. The summed E-state index contributed by atoms with van der Waals surface area (Å²) in [6.45, 7) is 23.8. The van der Waals surface area contributed by atoms with Gasteiger partial charge in [-0.25, -0.2) is 9.59 Å². The smallest absolute Gasteiger partial charge is 0.410 e. The first-order chi connectivity index (χ1) is 31.5. The Bertz CT molecular complexity index is 2190. The van der Waals surface area contributed by atoms with Gasteiger partial charge < -0.3 is 33.6 Å². The van der Waals surface area contributed by atoms with Crippen LogP contribution in [-0.2, 0) is 39.4 Å². The minimum absolute atomic E-state index is 0.0271. The number of amides is 2. The first kappa shape index (κ1) is 53.9. The van der Waals surface area contributed by atoms with Crippen LogP contribution < -0.4 is 20.4 Å². The normalized spacial score (nSPS) is 13.3. The van der Waals surface area contributed by atoms with Crippen molar-refractivity contribution in [3.63, 3.8) is 0 Å². The zero-order chi connectivity index (χ0) is 49.4. The molecule has 67 heavy (non-hydrogen) atoms. The Morgan fingerprint density at radius 2 is 1.24 bits per heavy atom. The molecule has 0 aliphatic carbocycles. The highest BCUT2D eigenvalue weighted by Gasteiger charge is 2.52. The number of rotatable bonds is 21. The molecule has 0 saturated carbocycles. The second kappa shape index (κ2) is 24.3. The average molecular weight is 935 g/mol. The molecule has 0 heterocycles. The molecule has 4 aromatic rings. The molecule has 0 aliphatic heterocycles. The minimum Gasteiger partial charge on any atom is -0.490 e. The summed E-state index contributed by atoms with van der Waals surface area (Å²) < 4.78 is 32.0. The Balaban J connectivity index is 1.72. The third kappa shape index (κ3) is 16.5. The van der Waals surface area contributed by atoms with Crippen LogP contribution in [0.5, 0.6) is 5.75 Å². The number of ether oxygens (including phenoxy) is 4. The van der Waals surface area contributed by atoms with Crippen molar-refractivity contribution in [1.82, 2.24) is 10.2 Å². The summed E-state index contributed by atoms with van der Waals surface area (Å²) in [5.74, 6) is -1.21. The number of carbonyl (C=O) groups excluding carboxylic acids is 4. The van der Waals surface area contributed by atoms with Crippen molar-refractivity contribution in [2.45, 2.75) is 137 Å². The number of para-hydroxylation sites is 1. The molecule has 1 N–H and O–H groups in total. The molecule has 2 atom stereocenters. The van der Waals surface area contributed by atoms with Gasteiger partial charge in [0.25, 0.3) is 8.32 Å². The molecule has 0 bridgehead atoms. The lowest BCUT2D eigenvalue weighted by molar-refractivity contribution is -0.160. The van der Waals surface area contributed by atoms with E-state index in [1.807, 2.05) is 139 Å². The number of benzene rings is 4. The summed E-state index contributed by atoms with van der Waals surface area (Å²) in [6.07, 6.45) is 1.40. The van der Waals surface area contributed by atoms with Crippen LogP contribution in [0.1, 0.15) is 113 Å². The molecule has 4 rings (SSSR count). The number of nitrogens with zero attached hydrogens (tertiary/aromatic N) is 1. The SMILES string of the molecule is CCCN(CC(COc1ccccc1/C(=C/Cc1ccccc1)OC(=O)CCC(=O)N[C@H](C(=O)OC(C)(C)C)C(C)C)O[Si](c1ccccc1)(c1ccccc1)C(C)(C)C)C(=O)OC(C)(C)C. The molecule has 1 unspecified atom stereocenters. The number of allylic oxidation sites excluding steroid dienone is 1. The van der Waals surface area contributed by atoms with Crippen molar-refractivity contribution in [2.75, 3.05) is 19.7 Å². The Hall–Kier alpha value is -5.72. The van der Waals surface area contributed by atoms with Crippen LogP contribution in [0.2, 0.25) is 5.04 Å². The van der Waals surface area contributed by atoms with E-state index in [1.165, 1.54) is 0 Å². The van der Waals surface area contributed by atoms with Gasteiger partial charge in [0.15, 0.2) is 0 Å². The van der Waals surface area contributed by atoms with Crippen LogP contribution in [0, 0.1) is 5.92 Å². The fraction of sp³-hybridized carbons (Fsp3) is 0.455. The third-order valence-corrected chi connectivity index (χ3v) is 15.8. The largest absolute Gasteiger partial charge is 0.490 e. The molecular weight excluding hydrogens is 861 g/mol. The molecule has 0 spiro atoms. The number of hydrogen-bond donors (Lipinski definition) is 1. The van der Waals surface area contributed by atoms with E-state index in [2.05, 4.69) is 50.4 Å². The second-order valence-corrected chi connectivity index (χ2v) is 24.4. The zero-order valence-electron chi connectivity index (χ0n) is 41.9. The summed E-state index contributed by atoms with van der Waals surface area (Å²) in [6, 6.07) is 36.9. The van der Waals surface area contributed by atoms with Gasteiger partial charge in [0.05, 0.1) is 24.6 Å². The quantitative estimate of drug-likeness (QED) is 0.0376. The van der Waals surface area contributed by atoms with Crippen LogP contribution in [-0.4, -0.2) is 80.2 Å². The van der Waals surface area contributed by atoms with Gasteiger partial charge in [0.2, 0.25) is 5.91 Å². The first-order valence-corrected chi connectivity index (χ1v) is 25.4. The van der Waals surface area contributed by atoms with E-state index in [4.69, 9.17) is 23.4 Å². The summed E-state index contributed by atoms with van der Waals surface area (Å²) in [5.41, 5.74) is 0.0661. The Kier molecular flexibility index (Phi) is 19.6. The van der Waals surface area contributed by atoms with Crippen LogP contribution in [0.4, 0.5) is 4.79 Å². The second-order valence-electron chi connectivity index (χ2n) is 20.2. The third-order valence-electron chi connectivity index (χ3n) is 10.7. The van der Waals surface area contributed by atoms with Crippen LogP contribution in [0.15, 0.2) is 121 Å². The average Bonchev–Trinajstić information content (AvgIpc) is 3.26. The maximum atomic E-state index is 13.9. The lowest BCUT2D eigenvalue weighted by Crippen LogP contribution is -2.68. The van der Waals surface area contributed by atoms with Crippen molar-refractivity contribution in [3.05, 3.63) is 132 Å². The summed E-state index contributed by atoms with van der Waals surface area (Å²) in [7, 11) is -3.18. The number of nitrogens with one attached hydrogen (secondary N) is 1. The minimum atomic E-state index is -3.18. The highest BCUT2D eigenvalue weighted by Crippen LogP contribution is 2.38. The van der Waals surface area contributed by atoms with Crippen molar-refractivity contribution < 1.29 is 42.6 Å². The van der Waals surface area contributed by atoms with E-state index >= 15 is 0 Å². The van der Waals surface area contributed by atoms with Gasteiger partial charge in [-0.2, -0.15) is 0 Å². The van der Waals surface area contributed by atoms with E-state index in [1.54, 1.807) is 25.7 Å². The van der Waals surface area contributed by atoms with E-state index < -0.39 is 55.6 Å². The van der Waals surface area contributed by atoms with Crippen molar-refractivity contribution in [2.24, 2.45) is 5.92 Å². The molecule has 11 nitrogen and oxygen atoms in total. The van der Waals surface area contributed by atoms with Crippen LogP contribution in [0.3, 0.4) is 0 Å². The molecule has 0 aliphatic rings. The first-order valence-electron chi connectivity index (χ1n) is 23.5. The van der Waals surface area contributed by atoms with E-state index in [0.29, 0.717) is 30.7 Å². The molecule has 4 aromatic carbocycles. The van der Waals surface area contributed by atoms with Crippen LogP contribution in [0.25, 0.3) is 5.76 Å². The van der Waals surface area contributed by atoms with E-state index in [-0.39, 0.29) is 42.7 Å². The van der Waals surface area contributed by atoms with E-state index in [0.717, 1.165) is 15.9 Å². The molecule has 0 saturated heterocycles. The molecule has 0 fully saturated rings. The van der Waals surface area contributed by atoms with Gasteiger partial charge in [0.1, 0.15) is 35.4 Å². The number of esters is 2. The summed E-state index contributed by atoms with van der Waals surface area (Å²) >= 11 is 0. The van der Waals surface area contributed by atoms with Gasteiger partial charge in [-0.3, -0.25) is 9.59 Å². The van der Waals surface area contributed by atoms with Gasteiger partial charge in [-0.05, 0) is 99.5 Å². The fourth-order valence-corrected chi connectivity index (χ4v) is 12.3. The maximum Gasteiger partial charge on any atom is 0.410 e. The molecule has 362 valence electrons. The van der Waals surface area contributed by atoms with Gasteiger partial charge in [-0.1, -0.05) is 145 Å². The lowest BCUT2D eigenvalue weighted by atomic mass is 10.0. The number of hydrogen-bond acceptors (Lipinski definition) is 9. The van der Waals surface area contributed by atoms with Crippen molar-refractivity contribution in [3.8, 4) is 5.75 Å². The Morgan fingerprint density at radius 1 is 0.701 bits per heavy atom. The molecule has 12 heteroatoms. The van der Waals surface area contributed by atoms with Gasteiger partial charge >= 0.3 is 18.0 Å². The van der Waals surface area contributed by atoms with Crippen molar-refractivity contribution in [1.29, 1.82) is 0 Å². The standard InChI is InChI=1S/C55H74N2O9Si/c1-13-37-57(52(61)65-54(7,8)9)38-42(66-67(55(10,11)12,43-27-19-15-20-28-43)44-29-21-16-22-30-44)39-62-46-32-24-23-31-45(46)47(34-33-41-25-17-14-18-26-41)63-49(59)36-35-48(58)56-50(40(2)3)51(60)64-53(4,5)6/h14-32,34,40,42,50H,13,33,35-39H2,1-12H3,(H,56,58)/b47-34-/t42?,50-/m0/s1. The monoisotopic (exact) mass is 935 g/mol. The molecular formula is C55H74N2O9Si. The predicted octanol–water partition coefficient (Wildman–Crippen LogP) is 10.0. The fourth-order valence-electron chi connectivity index (χ4n) is 7.67.